The van der Waals surface area contributed by atoms with E-state index in [-0.39, 0.29) is 30.2 Å². The average Bonchev–Trinajstić information content (AvgIpc) is 3.61. The van der Waals surface area contributed by atoms with Crippen LogP contribution in [0, 0.1) is 6.92 Å². The van der Waals surface area contributed by atoms with Crippen molar-refractivity contribution < 1.29 is 19.1 Å². The minimum atomic E-state index is -0.266. The molecule has 54 heavy (non-hydrogen) atoms. The number of aromatic nitrogens is 5. The average molecular weight is 733 g/mol. The second kappa shape index (κ2) is 14.2. The fraction of sp³-hybridized carbons (Fsp3) is 0.447. The first kappa shape index (κ1) is 34.0. The molecule has 0 radical (unpaired) electrons. The fourth-order valence-corrected chi connectivity index (χ4v) is 8.14. The molecule has 5 aliphatic heterocycles. The Hall–Kier alpha value is -5.77. The van der Waals surface area contributed by atoms with E-state index in [2.05, 4.69) is 64.8 Å². The zero-order valence-electron chi connectivity index (χ0n) is 30.3. The lowest BCUT2D eigenvalue weighted by molar-refractivity contribution is -0.135. The number of anilines is 5. The van der Waals surface area contributed by atoms with E-state index in [1.807, 2.05) is 35.6 Å². The van der Waals surface area contributed by atoms with Gasteiger partial charge in [-0.05, 0) is 43.0 Å². The topological polar surface area (TPSA) is 166 Å². The third-order valence-electron chi connectivity index (χ3n) is 11.3. The Bertz CT molecular complexity index is 2070. The number of carbonyl (C=O) groups excluding carboxylic acids is 3. The van der Waals surface area contributed by atoms with Gasteiger partial charge in [-0.1, -0.05) is 12.1 Å². The van der Waals surface area contributed by atoms with Crippen molar-refractivity contribution in [2.45, 2.75) is 51.2 Å². The number of fused-ring (bicyclic) bond motifs is 2. The maximum Gasteiger partial charge on any atom is 0.244 e. The van der Waals surface area contributed by atoms with Gasteiger partial charge in [0, 0.05) is 88.5 Å². The quantitative estimate of drug-likeness (QED) is 0.226. The van der Waals surface area contributed by atoms with Gasteiger partial charge in [0.15, 0.2) is 0 Å². The number of rotatable bonds is 8. The van der Waals surface area contributed by atoms with Crippen molar-refractivity contribution in [3.8, 4) is 5.88 Å². The van der Waals surface area contributed by atoms with Crippen molar-refractivity contribution in [1.82, 2.24) is 39.8 Å². The molecule has 1 aromatic carbocycles. The summed E-state index contributed by atoms with van der Waals surface area (Å²) >= 11 is 0. The molecule has 1 atom stereocenters. The van der Waals surface area contributed by atoms with Gasteiger partial charge < -0.3 is 30.1 Å². The maximum absolute atomic E-state index is 13.3. The van der Waals surface area contributed by atoms with Crippen LogP contribution >= 0.6 is 0 Å². The molecule has 3 amide bonds. The van der Waals surface area contributed by atoms with Crippen molar-refractivity contribution in [1.29, 1.82) is 0 Å². The smallest absolute Gasteiger partial charge is 0.244 e. The van der Waals surface area contributed by atoms with Crippen LogP contribution in [0.2, 0.25) is 0 Å². The summed E-state index contributed by atoms with van der Waals surface area (Å²) < 4.78 is 7.38. The zero-order valence-corrected chi connectivity index (χ0v) is 30.3. The van der Waals surface area contributed by atoms with E-state index in [4.69, 9.17) is 9.72 Å². The lowest BCUT2D eigenvalue weighted by Gasteiger charge is -2.49. The number of amides is 3. The van der Waals surface area contributed by atoms with Crippen LogP contribution in [-0.4, -0.2) is 117 Å². The summed E-state index contributed by atoms with van der Waals surface area (Å²) in [6, 6.07) is 8.60. The summed E-state index contributed by atoms with van der Waals surface area (Å²) in [6.45, 7) is 10.1. The van der Waals surface area contributed by atoms with Gasteiger partial charge in [-0.2, -0.15) is 5.10 Å². The number of hydrogen-bond acceptors (Lipinski definition) is 13. The molecule has 4 aromatic rings. The molecule has 16 nitrogen and oxygen atoms in total. The predicted molar refractivity (Wildman–Crippen MR) is 201 cm³/mol. The normalized spacial score (nSPS) is 20.3. The molecular formula is C38H44N12O4. The molecule has 5 aliphatic rings. The second-order valence-electron chi connectivity index (χ2n) is 14.7. The molecule has 3 N–H and O–H groups in total. The van der Waals surface area contributed by atoms with E-state index in [1.54, 1.807) is 10.9 Å². The van der Waals surface area contributed by atoms with Crippen molar-refractivity contribution in [2.75, 3.05) is 79.4 Å². The molecular weight excluding hydrogens is 688 g/mol. The number of piperidine rings is 1. The van der Waals surface area contributed by atoms with Gasteiger partial charge in [-0.15, -0.1) is 0 Å². The zero-order chi connectivity index (χ0) is 36.8. The van der Waals surface area contributed by atoms with E-state index < -0.39 is 0 Å². The van der Waals surface area contributed by atoms with Crippen LogP contribution in [0.5, 0.6) is 5.88 Å². The largest absolute Gasteiger partial charge is 0.474 e. The minimum absolute atomic E-state index is 0.0504. The third-order valence-corrected chi connectivity index (χ3v) is 11.3. The van der Waals surface area contributed by atoms with E-state index in [0.717, 1.165) is 90.8 Å². The predicted octanol–water partition coefficient (Wildman–Crippen LogP) is 2.04. The van der Waals surface area contributed by atoms with Gasteiger partial charge >= 0.3 is 0 Å². The summed E-state index contributed by atoms with van der Waals surface area (Å²) in [5, 5.41) is 13.6. The molecule has 3 fully saturated rings. The molecule has 0 spiro atoms. The Morgan fingerprint density at radius 3 is 2.63 bits per heavy atom. The van der Waals surface area contributed by atoms with Crippen LogP contribution in [0.3, 0.4) is 0 Å². The number of nitrogens with one attached hydrogen (secondary N) is 3. The molecule has 280 valence electrons. The molecule has 3 saturated heterocycles. The van der Waals surface area contributed by atoms with Gasteiger partial charge in [-0.3, -0.25) is 29.3 Å². The lowest BCUT2D eigenvalue weighted by atomic mass is 9.90. The van der Waals surface area contributed by atoms with E-state index >= 15 is 0 Å². The first-order valence-corrected chi connectivity index (χ1v) is 18.8. The molecule has 8 heterocycles. The molecule has 0 bridgehead atoms. The highest BCUT2D eigenvalue weighted by atomic mass is 16.5. The molecule has 1 unspecified atom stereocenters. The molecule has 3 aromatic heterocycles. The fourth-order valence-electron chi connectivity index (χ4n) is 8.14. The lowest BCUT2D eigenvalue weighted by Crippen LogP contribution is -2.63. The highest BCUT2D eigenvalue weighted by Crippen LogP contribution is 2.36. The summed E-state index contributed by atoms with van der Waals surface area (Å²) in [5.74, 6) is 0.533. The highest BCUT2D eigenvalue weighted by molar-refractivity contribution is 6.01. The van der Waals surface area contributed by atoms with Crippen molar-refractivity contribution in [2.24, 2.45) is 0 Å². The SMILES string of the molecule is Cc1c(N2CCc3cnc(Nc4cnn(CC(=O)N5CCN(C6CN(c7ccc(C8CCC(=O)NC8=O)cc7)C6)CC5)c4)nc3C2)cnc2c1NCCO2. The highest BCUT2D eigenvalue weighted by Gasteiger charge is 2.35. The maximum atomic E-state index is 13.3. The number of carbonyl (C=O) groups is 3. The minimum Gasteiger partial charge on any atom is -0.474 e. The summed E-state index contributed by atoms with van der Waals surface area (Å²) in [5.41, 5.74) is 8.07. The number of imide groups is 1. The van der Waals surface area contributed by atoms with Crippen LogP contribution in [0.15, 0.2) is 49.1 Å². The third kappa shape index (κ3) is 6.77. The number of benzene rings is 1. The van der Waals surface area contributed by atoms with Gasteiger partial charge in [0.25, 0.3) is 0 Å². The number of hydrogen-bond donors (Lipinski definition) is 3. The van der Waals surface area contributed by atoms with Crippen LogP contribution in [0.1, 0.15) is 41.1 Å². The summed E-state index contributed by atoms with van der Waals surface area (Å²) in [7, 11) is 0. The Morgan fingerprint density at radius 1 is 0.981 bits per heavy atom. The van der Waals surface area contributed by atoms with Crippen LogP contribution < -0.4 is 30.5 Å². The van der Waals surface area contributed by atoms with Gasteiger partial charge in [-0.25, -0.2) is 15.0 Å². The molecule has 9 rings (SSSR count). The number of ether oxygens (including phenoxy) is 1. The van der Waals surface area contributed by atoms with Gasteiger partial charge in [0.05, 0.1) is 41.9 Å². The van der Waals surface area contributed by atoms with Crippen molar-refractivity contribution in [3.05, 3.63) is 71.4 Å². The Kier molecular flexibility index (Phi) is 8.97. The van der Waals surface area contributed by atoms with Gasteiger partial charge in [0.1, 0.15) is 18.8 Å². The van der Waals surface area contributed by atoms with E-state index in [0.29, 0.717) is 57.0 Å². The monoisotopic (exact) mass is 732 g/mol. The first-order valence-electron chi connectivity index (χ1n) is 18.8. The molecule has 0 aliphatic carbocycles. The van der Waals surface area contributed by atoms with Gasteiger partial charge in [0.2, 0.25) is 29.5 Å². The van der Waals surface area contributed by atoms with Crippen molar-refractivity contribution in [3.63, 3.8) is 0 Å². The number of nitrogens with zero attached hydrogens (tertiary/aromatic N) is 9. The molecule has 0 saturated carbocycles. The number of pyridine rings is 1. The Labute approximate surface area is 312 Å². The standard InChI is InChI=1S/C38H44N12O4/c1-24-32(18-40-37-35(24)39-9-15-54-37)48-10-8-26-16-41-38(44-31(26)22-48)43-27-17-42-50(19-27)23-34(52)47-13-11-46(12-14-47)29-20-49(21-29)28-4-2-25(3-5-28)30-6-7-33(51)45-36(30)53/h2-5,16-19,29-30,39H,6-15,20-23H2,1H3,(H,41,43,44)(H,45,51,53). The van der Waals surface area contributed by atoms with E-state index in [1.165, 1.54) is 0 Å². The van der Waals surface area contributed by atoms with Crippen LogP contribution in [0.4, 0.5) is 28.7 Å². The summed E-state index contributed by atoms with van der Waals surface area (Å²) in [4.78, 5) is 60.0. The first-order chi connectivity index (χ1) is 26.3. The van der Waals surface area contributed by atoms with Crippen LogP contribution in [0.25, 0.3) is 0 Å². The summed E-state index contributed by atoms with van der Waals surface area (Å²) in [6.07, 6.45) is 9.08. The second-order valence-corrected chi connectivity index (χ2v) is 14.7. The van der Waals surface area contributed by atoms with Crippen LogP contribution in [-0.2, 0) is 33.9 Å². The molecule has 16 heteroatoms. The van der Waals surface area contributed by atoms with Crippen molar-refractivity contribution >= 4 is 46.4 Å². The van der Waals surface area contributed by atoms with E-state index in [9.17, 15) is 14.4 Å². The Balaban J connectivity index is 0.738. The number of piperazine rings is 1. The Morgan fingerprint density at radius 2 is 1.81 bits per heavy atom.